The number of hydrogen-bond donors (Lipinski definition) is 0. The molecule has 0 bridgehead atoms. The van der Waals surface area contributed by atoms with Gasteiger partial charge in [0.1, 0.15) is 0 Å². The van der Waals surface area contributed by atoms with Crippen molar-refractivity contribution < 1.29 is 13.2 Å². The Hall–Kier alpha value is -0.510. The Morgan fingerprint density at radius 1 is 1.25 bits per heavy atom. The first-order valence-corrected chi connectivity index (χ1v) is 5.99. The molecule has 1 atom stereocenters. The van der Waals surface area contributed by atoms with Gasteiger partial charge in [0.15, 0.2) is 0 Å². The van der Waals surface area contributed by atoms with Crippen molar-refractivity contribution in [1.82, 2.24) is 0 Å². The van der Waals surface area contributed by atoms with E-state index in [9.17, 15) is 13.2 Å². The summed E-state index contributed by atoms with van der Waals surface area (Å²) < 4.78 is 36.2. The lowest BCUT2D eigenvalue weighted by molar-refractivity contribution is -0.135. The van der Waals surface area contributed by atoms with Gasteiger partial charge in [0.05, 0.1) is 0 Å². The molecule has 0 aliphatic heterocycles. The third-order valence-electron chi connectivity index (χ3n) is 2.44. The van der Waals surface area contributed by atoms with E-state index in [1.807, 2.05) is 32.0 Å². The molecule has 0 fully saturated rings. The summed E-state index contributed by atoms with van der Waals surface area (Å²) in [6.45, 7) is 3.89. The fraction of sp³-hybridized carbons (Fsp3) is 0.500. The Balaban J connectivity index is 2.70. The summed E-state index contributed by atoms with van der Waals surface area (Å²) >= 11 is 3.31. The van der Waals surface area contributed by atoms with Crippen molar-refractivity contribution in [2.24, 2.45) is 0 Å². The molecule has 0 heterocycles. The maximum absolute atomic E-state index is 12.1. The first-order chi connectivity index (χ1) is 7.29. The van der Waals surface area contributed by atoms with Gasteiger partial charge in [0.2, 0.25) is 0 Å². The van der Waals surface area contributed by atoms with Crippen molar-refractivity contribution in [2.45, 2.75) is 37.7 Å². The van der Waals surface area contributed by atoms with Gasteiger partial charge in [-0.15, -0.1) is 0 Å². The predicted octanol–water partition coefficient (Wildman–Crippen LogP) is 5.08. The lowest BCUT2D eigenvalue weighted by Crippen LogP contribution is -2.08. The molecule has 1 rings (SSSR count). The monoisotopic (exact) mass is 294 g/mol. The van der Waals surface area contributed by atoms with Gasteiger partial charge in [-0.1, -0.05) is 39.7 Å². The van der Waals surface area contributed by atoms with Crippen LogP contribution in [0, 0.1) is 13.8 Å². The molecule has 0 aliphatic rings. The number of rotatable bonds is 3. The first-order valence-electron chi connectivity index (χ1n) is 5.07. The molecule has 0 radical (unpaired) electrons. The zero-order valence-corrected chi connectivity index (χ0v) is 10.8. The Morgan fingerprint density at radius 2 is 1.88 bits per heavy atom. The summed E-state index contributed by atoms with van der Waals surface area (Å²) in [6.07, 6.45) is -4.76. The second kappa shape index (κ2) is 5.21. The maximum Gasteiger partial charge on any atom is 0.389 e. The smallest absolute Gasteiger partial charge is 0.171 e. The minimum absolute atomic E-state index is 0.0768. The van der Waals surface area contributed by atoms with Crippen LogP contribution in [-0.2, 0) is 0 Å². The molecule has 0 aliphatic carbocycles. The van der Waals surface area contributed by atoms with Crippen LogP contribution in [0.3, 0.4) is 0 Å². The van der Waals surface area contributed by atoms with Gasteiger partial charge >= 0.3 is 6.18 Å². The largest absolute Gasteiger partial charge is 0.389 e. The standard InChI is InChI=1S/C12H14BrF3/c1-8-3-4-10(9(2)7-8)11(13)5-6-12(14,15)16/h3-4,7,11H,5-6H2,1-2H3. The van der Waals surface area contributed by atoms with Crippen LogP contribution >= 0.6 is 15.9 Å². The SMILES string of the molecule is Cc1ccc(C(Br)CCC(F)(F)F)c(C)c1. The second-order valence-corrected chi connectivity index (χ2v) is 5.09. The van der Waals surface area contributed by atoms with Crippen LogP contribution in [0.5, 0.6) is 0 Å². The molecule has 0 aromatic heterocycles. The highest BCUT2D eigenvalue weighted by molar-refractivity contribution is 9.09. The lowest BCUT2D eigenvalue weighted by atomic mass is 10.0. The fourth-order valence-electron chi connectivity index (χ4n) is 1.62. The summed E-state index contributed by atoms with van der Waals surface area (Å²) in [4.78, 5) is -0.227. The summed E-state index contributed by atoms with van der Waals surface area (Å²) in [7, 11) is 0. The summed E-state index contributed by atoms with van der Waals surface area (Å²) in [5.41, 5.74) is 3.09. The minimum Gasteiger partial charge on any atom is -0.171 e. The molecule has 1 unspecified atom stereocenters. The third-order valence-corrected chi connectivity index (χ3v) is 3.40. The number of halogens is 4. The van der Waals surface area contributed by atoms with Crippen molar-refractivity contribution in [3.63, 3.8) is 0 Å². The first kappa shape index (κ1) is 13.6. The van der Waals surface area contributed by atoms with E-state index in [0.29, 0.717) is 0 Å². The van der Waals surface area contributed by atoms with Crippen molar-refractivity contribution in [1.29, 1.82) is 0 Å². The highest BCUT2D eigenvalue weighted by Crippen LogP contribution is 2.34. The predicted molar refractivity (Wildman–Crippen MR) is 62.9 cm³/mol. The number of aryl methyl sites for hydroxylation is 2. The van der Waals surface area contributed by atoms with Gasteiger partial charge in [-0.05, 0) is 31.4 Å². The Morgan fingerprint density at radius 3 is 2.38 bits per heavy atom. The molecule has 0 amide bonds. The van der Waals surface area contributed by atoms with E-state index in [1.165, 1.54) is 0 Å². The zero-order chi connectivity index (χ0) is 12.3. The van der Waals surface area contributed by atoms with Crippen LogP contribution in [0.4, 0.5) is 13.2 Å². The quantitative estimate of drug-likeness (QED) is 0.682. The van der Waals surface area contributed by atoms with Crippen molar-refractivity contribution >= 4 is 15.9 Å². The van der Waals surface area contributed by atoms with Gasteiger partial charge in [-0.25, -0.2) is 0 Å². The van der Waals surface area contributed by atoms with Crippen LogP contribution in [0.2, 0.25) is 0 Å². The van der Waals surface area contributed by atoms with E-state index in [1.54, 1.807) is 0 Å². The van der Waals surface area contributed by atoms with Gasteiger partial charge in [0, 0.05) is 11.2 Å². The molecule has 1 aromatic carbocycles. The maximum atomic E-state index is 12.1. The Labute approximate surface area is 102 Å². The van der Waals surface area contributed by atoms with Crippen molar-refractivity contribution in [2.75, 3.05) is 0 Å². The molecule has 0 saturated carbocycles. The highest BCUT2D eigenvalue weighted by Gasteiger charge is 2.28. The zero-order valence-electron chi connectivity index (χ0n) is 9.24. The second-order valence-electron chi connectivity index (χ2n) is 3.98. The fourth-order valence-corrected chi connectivity index (χ4v) is 2.37. The van der Waals surface area contributed by atoms with Gasteiger partial charge in [-0.2, -0.15) is 13.2 Å². The molecule has 90 valence electrons. The molecule has 0 spiro atoms. The van der Waals surface area contributed by atoms with Gasteiger partial charge < -0.3 is 0 Å². The average Bonchev–Trinajstić information content (AvgIpc) is 2.13. The van der Waals surface area contributed by atoms with Crippen LogP contribution in [0.15, 0.2) is 18.2 Å². The van der Waals surface area contributed by atoms with Crippen LogP contribution in [0.25, 0.3) is 0 Å². The molecule has 1 aromatic rings. The van der Waals surface area contributed by atoms with Crippen LogP contribution in [-0.4, -0.2) is 6.18 Å². The molecule has 0 nitrogen and oxygen atoms in total. The van der Waals surface area contributed by atoms with E-state index >= 15 is 0 Å². The third kappa shape index (κ3) is 4.16. The van der Waals surface area contributed by atoms with E-state index < -0.39 is 12.6 Å². The molecule has 0 saturated heterocycles. The van der Waals surface area contributed by atoms with Crippen LogP contribution < -0.4 is 0 Å². The molecular weight excluding hydrogens is 281 g/mol. The van der Waals surface area contributed by atoms with Gasteiger partial charge in [0.25, 0.3) is 0 Å². The molecular formula is C12H14BrF3. The minimum atomic E-state index is -4.08. The van der Waals surface area contributed by atoms with Crippen LogP contribution in [0.1, 0.15) is 34.4 Å². The van der Waals surface area contributed by atoms with Crippen molar-refractivity contribution in [3.8, 4) is 0 Å². The summed E-state index contributed by atoms with van der Waals surface area (Å²) in [5.74, 6) is 0. The number of benzene rings is 1. The van der Waals surface area contributed by atoms with Gasteiger partial charge in [-0.3, -0.25) is 0 Å². The number of alkyl halides is 4. The average molecular weight is 295 g/mol. The van der Waals surface area contributed by atoms with E-state index in [0.717, 1.165) is 16.7 Å². The normalized spacial score (nSPS) is 13.9. The summed E-state index contributed by atoms with van der Waals surface area (Å²) in [6, 6.07) is 5.79. The van der Waals surface area contributed by atoms with E-state index in [-0.39, 0.29) is 11.2 Å². The number of hydrogen-bond acceptors (Lipinski definition) is 0. The Kier molecular flexibility index (Phi) is 4.42. The van der Waals surface area contributed by atoms with E-state index in [4.69, 9.17) is 0 Å². The molecule has 16 heavy (non-hydrogen) atoms. The summed E-state index contributed by atoms with van der Waals surface area (Å²) in [5, 5.41) is 0. The van der Waals surface area contributed by atoms with E-state index in [2.05, 4.69) is 15.9 Å². The highest BCUT2D eigenvalue weighted by atomic mass is 79.9. The van der Waals surface area contributed by atoms with Crippen molar-refractivity contribution in [3.05, 3.63) is 34.9 Å². The molecule has 0 N–H and O–H groups in total. The lowest BCUT2D eigenvalue weighted by Gasteiger charge is -2.14. The molecule has 4 heteroatoms. The topological polar surface area (TPSA) is 0 Å². The Bertz CT molecular complexity index is 358.